The highest BCUT2D eigenvalue weighted by Gasteiger charge is 2.38. The van der Waals surface area contributed by atoms with Crippen LogP contribution in [-0.4, -0.2) is 32.6 Å². The molecule has 2 aromatic heterocycles. The first-order valence-corrected chi connectivity index (χ1v) is 11.2. The van der Waals surface area contributed by atoms with E-state index in [2.05, 4.69) is 32.1 Å². The topological polar surface area (TPSA) is 67.7 Å². The van der Waals surface area contributed by atoms with Crippen LogP contribution in [0.15, 0.2) is 24.4 Å². The van der Waals surface area contributed by atoms with Crippen LogP contribution in [0.2, 0.25) is 5.02 Å². The molecule has 3 aromatic rings. The van der Waals surface area contributed by atoms with Crippen LogP contribution < -0.4 is 10.6 Å². The largest absolute Gasteiger partial charge is 0.417 e. The summed E-state index contributed by atoms with van der Waals surface area (Å²) in [5.41, 5.74) is 1.28. The third-order valence-corrected chi connectivity index (χ3v) is 6.69. The van der Waals surface area contributed by atoms with Crippen LogP contribution in [0.25, 0.3) is 11.2 Å². The molecule has 1 saturated heterocycles. The first-order valence-electron chi connectivity index (χ1n) is 10.8. The average molecular weight is 465 g/mol. The number of rotatable bonds is 5. The molecule has 0 unspecified atom stereocenters. The molecule has 170 valence electrons. The van der Waals surface area contributed by atoms with Crippen LogP contribution in [0.3, 0.4) is 0 Å². The van der Waals surface area contributed by atoms with E-state index >= 15 is 0 Å². The lowest BCUT2D eigenvalue weighted by atomic mass is 10.1. The number of aromatic nitrogens is 4. The van der Waals surface area contributed by atoms with Crippen LogP contribution in [0, 0.1) is 5.41 Å². The Bertz CT molecular complexity index is 1150. The van der Waals surface area contributed by atoms with Crippen molar-refractivity contribution in [1.29, 1.82) is 0 Å². The number of nitrogens with zero attached hydrogens (tertiary/aromatic N) is 4. The fourth-order valence-electron chi connectivity index (χ4n) is 4.23. The van der Waals surface area contributed by atoms with Crippen molar-refractivity contribution in [2.24, 2.45) is 5.41 Å². The maximum atomic E-state index is 13.1. The second kappa shape index (κ2) is 7.88. The van der Waals surface area contributed by atoms with Crippen molar-refractivity contribution in [1.82, 2.24) is 24.8 Å². The van der Waals surface area contributed by atoms with Gasteiger partial charge in [-0.1, -0.05) is 18.5 Å². The van der Waals surface area contributed by atoms with Gasteiger partial charge in [-0.25, -0.2) is 15.0 Å². The van der Waals surface area contributed by atoms with Gasteiger partial charge >= 0.3 is 6.18 Å². The number of fused-ring (bicyclic) bond motifs is 1. The zero-order chi connectivity index (χ0) is 22.5. The van der Waals surface area contributed by atoms with Crippen LogP contribution in [0.5, 0.6) is 0 Å². The Morgan fingerprint density at radius 1 is 1.22 bits per heavy atom. The van der Waals surface area contributed by atoms with E-state index in [4.69, 9.17) is 16.6 Å². The third kappa shape index (κ3) is 4.28. The molecule has 0 atom stereocenters. The van der Waals surface area contributed by atoms with Crippen molar-refractivity contribution >= 4 is 34.4 Å². The SMILES string of the molecule is CC1(Cc2ncc3nc(Nc4ccc(C(F)(F)F)c(Cl)c4)n(C4CCNCC4)c3n2)CC1. The van der Waals surface area contributed by atoms with E-state index in [1.54, 1.807) is 6.20 Å². The van der Waals surface area contributed by atoms with Gasteiger partial charge in [0.2, 0.25) is 5.95 Å². The predicted octanol–water partition coefficient (Wildman–Crippen LogP) is 5.51. The monoisotopic (exact) mass is 464 g/mol. The first kappa shape index (κ1) is 21.5. The van der Waals surface area contributed by atoms with E-state index in [0.717, 1.165) is 49.9 Å². The minimum absolute atomic E-state index is 0.174. The lowest BCUT2D eigenvalue weighted by molar-refractivity contribution is -0.137. The maximum Gasteiger partial charge on any atom is 0.417 e. The molecular weight excluding hydrogens is 441 g/mol. The van der Waals surface area contributed by atoms with Crippen molar-refractivity contribution in [2.45, 2.75) is 51.2 Å². The molecule has 0 bridgehead atoms. The van der Waals surface area contributed by atoms with Gasteiger partial charge < -0.3 is 10.6 Å². The van der Waals surface area contributed by atoms with Crippen molar-refractivity contribution in [2.75, 3.05) is 18.4 Å². The van der Waals surface area contributed by atoms with Gasteiger partial charge in [0, 0.05) is 18.2 Å². The van der Waals surface area contributed by atoms with E-state index in [1.165, 1.54) is 25.0 Å². The Labute approximate surface area is 188 Å². The number of benzene rings is 1. The summed E-state index contributed by atoms with van der Waals surface area (Å²) in [6.07, 6.45) is 2.26. The molecule has 0 spiro atoms. The van der Waals surface area contributed by atoms with Gasteiger partial charge in [-0.15, -0.1) is 0 Å². The summed E-state index contributed by atoms with van der Waals surface area (Å²) in [5.74, 6) is 1.34. The molecule has 1 aromatic carbocycles. The highest BCUT2D eigenvalue weighted by molar-refractivity contribution is 6.31. The molecule has 0 amide bonds. The molecule has 5 rings (SSSR count). The number of piperidine rings is 1. The van der Waals surface area contributed by atoms with E-state index in [-0.39, 0.29) is 16.5 Å². The quantitative estimate of drug-likeness (QED) is 0.521. The number of imidazole rings is 1. The van der Waals surface area contributed by atoms with Gasteiger partial charge in [-0.05, 0) is 62.4 Å². The summed E-state index contributed by atoms with van der Waals surface area (Å²) in [6.45, 7) is 4.00. The third-order valence-electron chi connectivity index (χ3n) is 6.38. The number of hydrogen-bond donors (Lipinski definition) is 2. The number of hydrogen-bond acceptors (Lipinski definition) is 5. The molecule has 0 radical (unpaired) electrons. The molecular formula is C22H24ClF3N6. The number of alkyl halides is 3. The van der Waals surface area contributed by atoms with Crippen molar-refractivity contribution < 1.29 is 13.2 Å². The molecule has 6 nitrogen and oxygen atoms in total. The molecule has 2 fully saturated rings. The van der Waals surface area contributed by atoms with Crippen molar-refractivity contribution in [3.05, 3.63) is 40.8 Å². The number of anilines is 2. The second-order valence-electron chi connectivity index (χ2n) is 9.09. The molecule has 32 heavy (non-hydrogen) atoms. The Morgan fingerprint density at radius 2 is 1.97 bits per heavy atom. The van der Waals surface area contributed by atoms with Crippen LogP contribution in [0.1, 0.15) is 50.0 Å². The minimum atomic E-state index is -4.50. The molecule has 1 aliphatic carbocycles. The molecule has 10 heteroatoms. The predicted molar refractivity (Wildman–Crippen MR) is 117 cm³/mol. The lowest BCUT2D eigenvalue weighted by Crippen LogP contribution is -2.30. The molecule has 2 aliphatic rings. The Morgan fingerprint density at radius 3 is 2.62 bits per heavy atom. The van der Waals surface area contributed by atoms with Gasteiger partial charge in [-0.2, -0.15) is 13.2 Å². The Balaban J connectivity index is 1.53. The zero-order valence-corrected chi connectivity index (χ0v) is 18.4. The van der Waals surface area contributed by atoms with Crippen LogP contribution in [-0.2, 0) is 12.6 Å². The first-order chi connectivity index (χ1) is 15.2. The van der Waals surface area contributed by atoms with Gasteiger partial charge in [0.25, 0.3) is 0 Å². The summed E-state index contributed by atoms with van der Waals surface area (Å²) in [5, 5.41) is 6.18. The highest BCUT2D eigenvalue weighted by Crippen LogP contribution is 2.47. The smallest absolute Gasteiger partial charge is 0.325 e. The van der Waals surface area contributed by atoms with Crippen LogP contribution >= 0.6 is 11.6 Å². The van der Waals surface area contributed by atoms with Crippen molar-refractivity contribution in [3.63, 3.8) is 0 Å². The van der Waals surface area contributed by atoms with Gasteiger partial charge in [0.15, 0.2) is 5.65 Å². The fraction of sp³-hybridized carbons (Fsp3) is 0.500. The molecule has 1 saturated carbocycles. The van der Waals surface area contributed by atoms with Crippen LogP contribution in [0.4, 0.5) is 24.8 Å². The standard InChI is InChI=1S/C22H24ClF3N6/c1-21(6-7-21)11-18-28-12-17-19(31-18)32(14-4-8-27-9-5-14)20(30-17)29-13-2-3-15(16(23)10-13)22(24,25)26/h2-3,10,12,14,27H,4-9,11H2,1H3,(H,29,30). The Kier molecular flexibility index (Phi) is 5.28. The summed E-state index contributed by atoms with van der Waals surface area (Å²) in [4.78, 5) is 14.1. The summed E-state index contributed by atoms with van der Waals surface area (Å²) in [6, 6.07) is 3.80. The molecule has 1 aliphatic heterocycles. The van der Waals surface area contributed by atoms with Gasteiger partial charge in [0.05, 0.1) is 16.8 Å². The van der Waals surface area contributed by atoms with E-state index in [0.29, 0.717) is 17.2 Å². The average Bonchev–Trinajstić information content (AvgIpc) is 3.35. The summed E-state index contributed by atoms with van der Waals surface area (Å²) in [7, 11) is 0. The molecule has 3 heterocycles. The normalized spacial score (nSPS) is 18.8. The second-order valence-corrected chi connectivity index (χ2v) is 9.49. The summed E-state index contributed by atoms with van der Waals surface area (Å²) < 4.78 is 41.3. The number of halogens is 4. The summed E-state index contributed by atoms with van der Waals surface area (Å²) >= 11 is 5.92. The van der Waals surface area contributed by atoms with E-state index in [9.17, 15) is 13.2 Å². The van der Waals surface area contributed by atoms with E-state index < -0.39 is 11.7 Å². The minimum Gasteiger partial charge on any atom is -0.325 e. The maximum absolute atomic E-state index is 13.1. The van der Waals surface area contributed by atoms with Gasteiger partial charge in [-0.3, -0.25) is 4.57 Å². The fourth-order valence-corrected chi connectivity index (χ4v) is 4.52. The van der Waals surface area contributed by atoms with E-state index in [1.807, 2.05) is 0 Å². The van der Waals surface area contributed by atoms with Gasteiger partial charge in [0.1, 0.15) is 11.3 Å². The van der Waals surface area contributed by atoms with Crippen molar-refractivity contribution in [3.8, 4) is 0 Å². The number of nitrogens with one attached hydrogen (secondary N) is 2. The highest BCUT2D eigenvalue weighted by atomic mass is 35.5. The lowest BCUT2D eigenvalue weighted by Gasteiger charge is -2.26. The Hall–Kier alpha value is -2.39. The molecule has 2 N–H and O–H groups in total. The zero-order valence-electron chi connectivity index (χ0n) is 17.6.